The number of terminal acetylenes is 1. The van der Waals surface area contributed by atoms with E-state index in [9.17, 15) is 9.90 Å². The average Bonchev–Trinajstić information content (AvgIpc) is 3.07. The summed E-state index contributed by atoms with van der Waals surface area (Å²) in [6.07, 6.45) is 6.27. The quantitative estimate of drug-likeness (QED) is 0.505. The number of ketones is 1. The standard InChI is InChI=1S/C21H26N2O3/c1-4-16(2)22-14-19(24)15-26-20(13-18-11-8-12-23(18)3)21(25)17-9-6-5-7-10-17/h1,5-12,16,19-20,22,24H,13-15H2,2-3H3. The van der Waals surface area contributed by atoms with Crippen molar-refractivity contribution in [3.63, 3.8) is 0 Å². The number of hydrogen-bond acceptors (Lipinski definition) is 4. The van der Waals surface area contributed by atoms with E-state index in [1.165, 1.54) is 0 Å². The second kappa shape index (κ2) is 9.93. The number of carbonyl (C=O) groups excluding carboxylic acids is 1. The van der Waals surface area contributed by atoms with E-state index in [1.807, 2.05) is 55.1 Å². The van der Waals surface area contributed by atoms with Crippen molar-refractivity contribution in [3.05, 3.63) is 59.9 Å². The van der Waals surface area contributed by atoms with Crippen molar-refractivity contribution in [1.29, 1.82) is 0 Å². The van der Waals surface area contributed by atoms with Gasteiger partial charge in [-0.3, -0.25) is 4.79 Å². The Labute approximate surface area is 155 Å². The molecule has 3 atom stereocenters. The van der Waals surface area contributed by atoms with Crippen molar-refractivity contribution in [3.8, 4) is 12.3 Å². The highest BCUT2D eigenvalue weighted by atomic mass is 16.5. The van der Waals surface area contributed by atoms with E-state index in [4.69, 9.17) is 11.2 Å². The number of Topliss-reactive ketones (excluding diaryl/α,β-unsaturated/α-hetero) is 1. The van der Waals surface area contributed by atoms with E-state index in [0.717, 1.165) is 5.69 Å². The molecule has 0 fully saturated rings. The smallest absolute Gasteiger partial charge is 0.191 e. The molecule has 0 amide bonds. The van der Waals surface area contributed by atoms with Gasteiger partial charge in [0.15, 0.2) is 5.78 Å². The maximum absolute atomic E-state index is 12.8. The molecule has 3 unspecified atom stereocenters. The number of aliphatic hydroxyl groups excluding tert-OH is 1. The van der Waals surface area contributed by atoms with Gasteiger partial charge < -0.3 is 19.7 Å². The van der Waals surface area contributed by atoms with Gasteiger partial charge in [0.1, 0.15) is 6.10 Å². The molecule has 1 heterocycles. The van der Waals surface area contributed by atoms with Crippen molar-refractivity contribution in [2.75, 3.05) is 13.2 Å². The van der Waals surface area contributed by atoms with Crippen molar-refractivity contribution in [2.24, 2.45) is 7.05 Å². The lowest BCUT2D eigenvalue weighted by Gasteiger charge is -2.20. The largest absolute Gasteiger partial charge is 0.389 e. The molecule has 0 aliphatic heterocycles. The van der Waals surface area contributed by atoms with Crippen LogP contribution in [0, 0.1) is 12.3 Å². The molecule has 0 spiro atoms. The van der Waals surface area contributed by atoms with Crippen LogP contribution in [0.15, 0.2) is 48.7 Å². The average molecular weight is 354 g/mol. The number of hydrogen-bond donors (Lipinski definition) is 2. The highest BCUT2D eigenvalue weighted by molar-refractivity contribution is 5.99. The first-order valence-corrected chi connectivity index (χ1v) is 8.70. The maximum Gasteiger partial charge on any atom is 0.191 e. The highest BCUT2D eigenvalue weighted by Gasteiger charge is 2.23. The zero-order valence-corrected chi connectivity index (χ0v) is 15.3. The molecule has 2 aromatic rings. The van der Waals surface area contributed by atoms with E-state index in [-0.39, 0.29) is 18.4 Å². The number of aromatic nitrogens is 1. The zero-order valence-electron chi connectivity index (χ0n) is 15.3. The molecular weight excluding hydrogens is 328 g/mol. The van der Waals surface area contributed by atoms with Gasteiger partial charge in [-0.25, -0.2) is 0 Å². The summed E-state index contributed by atoms with van der Waals surface area (Å²) in [6, 6.07) is 12.8. The summed E-state index contributed by atoms with van der Waals surface area (Å²) in [4.78, 5) is 12.8. The van der Waals surface area contributed by atoms with E-state index in [1.54, 1.807) is 12.1 Å². The van der Waals surface area contributed by atoms with Crippen LogP contribution in [0.4, 0.5) is 0 Å². The van der Waals surface area contributed by atoms with Crippen molar-refractivity contribution in [2.45, 2.75) is 31.6 Å². The van der Waals surface area contributed by atoms with Gasteiger partial charge in [-0.2, -0.15) is 0 Å². The molecule has 0 aliphatic rings. The van der Waals surface area contributed by atoms with Gasteiger partial charge in [-0.1, -0.05) is 36.3 Å². The van der Waals surface area contributed by atoms with Gasteiger partial charge in [0.25, 0.3) is 0 Å². The normalized spacial score (nSPS) is 14.4. The molecule has 0 radical (unpaired) electrons. The van der Waals surface area contributed by atoms with Crippen LogP contribution in [0.25, 0.3) is 0 Å². The summed E-state index contributed by atoms with van der Waals surface area (Å²) < 4.78 is 7.77. The molecule has 0 saturated carbocycles. The molecule has 2 N–H and O–H groups in total. The number of aliphatic hydroxyl groups is 1. The van der Waals surface area contributed by atoms with Crippen LogP contribution >= 0.6 is 0 Å². The fraction of sp³-hybridized carbons (Fsp3) is 0.381. The van der Waals surface area contributed by atoms with Crippen LogP contribution in [-0.4, -0.2) is 46.9 Å². The molecule has 1 aromatic carbocycles. The van der Waals surface area contributed by atoms with Crippen LogP contribution in [0.2, 0.25) is 0 Å². The Kier molecular flexibility index (Phi) is 7.61. The third kappa shape index (κ3) is 5.85. The lowest BCUT2D eigenvalue weighted by atomic mass is 10.0. The molecule has 138 valence electrons. The Balaban J connectivity index is 2.02. The van der Waals surface area contributed by atoms with E-state index in [2.05, 4.69) is 11.2 Å². The van der Waals surface area contributed by atoms with Crippen LogP contribution in [0.1, 0.15) is 23.0 Å². The molecule has 5 heteroatoms. The van der Waals surface area contributed by atoms with Crippen LogP contribution < -0.4 is 5.32 Å². The summed E-state index contributed by atoms with van der Waals surface area (Å²) in [5.74, 6) is 2.45. The Morgan fingerprint density at radius 2 is 2.04 bits per heavy atom. The number of nitrogens with one attached hydrogen (secondary N) is 1. The molecule has 2 rings (SSSR count). The highest BCUT2D eigenvalue weighted by Crippen LogP contribution is 2.13. The molecule has 1 aromatic heterocycles. The number of rotatable bonds is 10. The number of ether oxygens (including phenoxy) is 1. The third-order valence-corrected chi connectivity index (χ3v) is 4.20. The topological polar surface area (TPSA) is 63.5 Å². The van der Waals surface area contributed by atoms with Gasteiger partial charge in [0.05, 0.1) is 18.8 Å². The van der Waals surface area contributed by atoms with Crippen LogP contribution in [-0.2, 0) is 18.2 Å². The summed E-state index contributed by atoms with van der Waals surface area (Å²) in [5, 5.41) is 13.1. The predicted octanol–water partition coefficient (Wildman–Crippen LogP) is 1.81. The molecule has 0 saturated heterocycles. The first-order chi connectivity index (χ1) is 12.5. The van der Waals surface area contributed by atoms with Gasteiger partial charge in [-0.05, 0) is 19.1 Å². The fourth-order valence-electron chi connectivity index (χ4n) is 2.57. The molecule has 0 aliphatic carbocycles. The number of carbonyl (C=O) groups is 1. The van der Waals surface area contributed by atoms with E-state index in [0.29, 0.717) is 18.5 Å². The maximum atomic E-state index is 12.8. The number of nitrogens with zero attached hydrogens (tertiary/aromatic N) is 1. The number of aryl methyl sites for hydroxylation is 1. The minimum atomic E-state index is -0.745. The Morgan fingerprint density at radius 1 is 1.31 bits per heavy atom. The summed E-state index contributed by atoms with van der Waals surface area (Å²) in [6.45, 7) is 2.20. The molecule has 0 bridgehead atoms. The molecular formula is C21H26N2O3. The minimum Gasteiger partial charge on any atom is -0.389 e. The second-order valence-electron chi connectivity index (χ2n) is 6.32. The van der Waals surface area contributed by atoms with Gasteiger partial charge in [-0.15, -0.1) is 6.42 Å². The van der Waals surface area contributed by atoms with Crippen molar-refractivity contribution in [1.82, 2.24) is 9.88 Å². The first kappa shape index (κ1) is 19.9. The Hall–Kier alpha value is -2.39. The van der Waals surface area contributed by atoms with Gasteiger partial charge >= 0.3 is 0 Å². The van der Waals surface area contributed by atoms with Gasteiger partial charge in [0, 0.05) is 37.5 Å². The molecule has 26 heavy (non-hydrogen) atoms. The monoisotopic (exact) mass is 354 g/mol. The zero-order chi connectivity index (χ0) is 18.9. The predicted molar refractivity (Wildman–Crippen MR) is 102 cm³/mol. The molecule has 5 nitrogen and oxygen atoms in total. The number of benzene rings is 1. The van der Waals surface area contributed by atoms with Crippen molar-refractivity contribution >= 4 is 5.78 Å². The first-order valence-electron chi connectivity index (χ1n) is 8.70. The fourth-order valence-corrected chi connectivity index (χ4v) is 2.57. The summed E-state index contributed by atoms with van der Waals surface area (Å²) in [5.41, 5.74) is 1.59. The van der Waals surface area contributed by atoms with Crippen LogP contribution in [0.3, 0.4) is 0 Å². The Bertz CT molecular complexity index is 733. The second-order valence-corrected chi connectivity index (χ2v) is 6.32. The van der Waals surface area contributed by atoms with Crippen molar-refractivity contribution < 1.29 is 14.6 Å². The van der Waals surface area contributed by atoms with Crippen LogP contribution in [0.5, 0.6) is 0 Å². The SMILES string of the molecule is C#CC(C)NCC(O)COC(Cc1cccn1C)C(=O)c1ccccc1. The minimum absolute atomic E-state index is 0.0535. The summed E-state index contributed by atoms with van der Waals surface area (Å²) in [7, 11) is 1.93. The lowest BCUT2D eigenvalue weighted by molar-refractivity contribution is -0.00238. The van der Waals surface area contributed by atoms with E-state index >= 15 is 0 Å². The third-order valence-electron chi connectivity index (χ3n) is 4.20. The van der Waals surface area contributed by atoms with Gasteiger partial charge in [0.2, 0.25) is 0 Å². The van der Waals surface area contributed by atoms with E-state index < -0.39 is 12.2 Å². The Morgan fingerprint density at radius 3 is 2.65 bits per heavy atom. The summed E-state index contributed by atoms with van der Waals surface area (Å²) >= 11 is 0. The lowest BCUT2D eigenvalue weighted by Crippen LogP contribution is -2.37.